The monoisotopic (exact) mass is 427 g/mol. The van der Waals surface area contributed by atoms with Crippen molar-refractivity contribution in [2.75, 3.05) is 20.8 Å². The van der Waals surface area contributed by atoms with Crippen LogP contribution in [0.2, 0.25) is 0 Å². The molecule has 0 fully saturated rings. The van der Waals surface area contributed by atoms with Crippen LogP contribution in [0.3, 0.4) is 0 Å². The number of ether oxygens (including phenoxy) is 2. The molecule has 1 aromatic carbocycles. The first-order valence-corrected chi connectivity index (χ1v) is 11.0. The van der Waals surface area contributed by atoms with Crippen LogP contribution in [-0.2, 0) is 28.9 Å². The second-order valence-electron chi connectivity index (χ2n) is 6.95. The Morgan fingerprint density at radius 2 is 1.97 bits per heavy atom. The van der Waals surface area contributed by atoms with Crippen LogP contribution in [0.5, 0.6) is 5.75 Å². The van der Waals surface area contributed by atoms with E-state index in [1.807, 2.05) is 35.0 Å². The van der Waals surface area contributed by atoms with Gasteiger partial charge in [0.1, 0.15) is 10.6 Å². The summed E-state index contributed by atoms with van der Waals surface area (Å²) in [4.78, 5) is 28.0. The first-order valence-electron chi connectivity index (χ1n) is 9.27. The first-order chi connectivity index (χ1) is 14.0. The summed E-state index contributed by atoms with van der Waals surface area (Å²) in [5.74, 6) is 0.175. The molecule has 0 saturated heterocycles. The largest absolute Gasteiger partial charge is 0.497 e. The van der Waals surface area contributed by atoms with E-state index < -0.39 is 5.97 Å². The Kier molecular flexibility index (Phi) is 5.69. The van der Waals surface area contributed by atoms with Gasteiger partial charge in [-0.3, -0.25) is 4.79 Å². The summed E-state index contributed by atoms with van der Waals surface area (Å²) in [6.07, 6.45) is 1.79. The molecule has 0 radical (unpaired) electrons. The van der Waals surface area contributed by atoms with Crippen molar-refractivity contribution in [3.63, 3.8) is 0 Å². The highest BCUT2D eigenvalue weighted by molar-refractivity contribution is 7.17. The lowest BCUT2D eigenvalue weighted by atomic mass is 9.91. The van der Waals surface area contributed by atoms with E-state index in [1.54, 1.807) is 30.4 Å². The molecule has 1 amide bonds. The molecule has 7 heteroatoms. The van der Waals surface area contributed by atoms with Gasteiger partial charge in [-0.05, 0) is 76.2 Å². The molecule has 0 N–H and O–H groups in total. The molecule has 0 spiro atoms. The fourth-order valence-corrected chi connectivity index (χ4v) is 5.22. The van der Waals surface area contributed by atoms with Gasteiger partial charge in [0.15, 0.2) is 6.61 Å². The number of methoxy groups -OCH3 is 1. The number of esters is 1. The smallest absolute Gasteiger partial charge is 0.348 e. The Morgan fingerprint density at radius 1 is 1.14 bits per heavy atom. The number of fused-ring (bicyclic) bond motifs is 3. The van der Waals surface area contributed by atoms with Gasteiger partial charge in [0.05, 0.1) is 7.11 Å². The van der Waals surface area contributed by atoms with E-state index in [-0.39, 0.29) is 12.5 Å². The van der Waals surface area contributed by atoms with E-state index in [1.165, 1.54) is 16.9 Å². The van der Waals surface area contributed by atoms with Crippen LogP contribution in [0, 0.1) is 0 Å². The van der Waals surface area contributed by atoms with Crippen molar-refractivity contribution in [1.29, 1.82) is 0 Å². The van der Waals surface area contributed by atoms with E-state index in [0.29, 0.717) is 11.4 Å². The minimum atomic E-state index is -0.447. The van der Waals surface area contributed by atoms with Crippen molar-refractivity contribution in [2.24, 2.45) is 0 Å². The molecule has 0 aliphatic heterocycles. The number of nitrogens with zero attached hydrogens (tertiary/aromatic N) is 1. The number of carbonyl (C=O) groups excluding carboxylic acids is 2. The molecule has 0 atom stereocenters. The van der Waals surface area contributed by atoms with E-state index in [2.05, 4.69) is 6.07 Å². The number of benzene rings is 1. The maximum Gasteiger partial charge on any atom is 0.348 e. The molecule has 4 rings (SSSR count). The summed E-state index contributed by atoms with van der Waals surface area (Å²) in [6, 6.07) is 9.91. The first kappa shape index (κ1) is 19.7. The zero-order valence-electron chi connectivity index (χ0n) is 16.3. The zero-order chi connectivity index (χ0) is 20.4. The van der Waals surface area contributed by atoms with Gasteiger partial charge in [0, 0.05) is 18.5 Å². The Morgan fingerprint density at radius 3 is 2.72 bits per heavy atom. The van der Waals surface area contributed by atoms with Gasteiger partial charge in [-0.15, -0.1) is 11.3 Å². The lowest BCUT2D eigenvalue weighted by molar-refractivity contribution is -0.133. The lowest BCUT2D eigenvalue weighted by Gasteiger charge is -2.16. The highest BCUT2D eigenvalue weighted by Gasteiger charge is 2.23. The Balaban J connectivity index is 1.41. The van der Waals surface area contributed by atoms with Crippen molar-refractivity contribution in [3.05, 3.63) is 62.7 Å². The number of aryl methyl sites for hydroxylation is 2. The molecule has 150 valence electrons. The molecule has 3 aromatic rings. The number of hydrogen-bond acceptors (Lipinski definition) is 6. The maximum atomic E-state index is 12.5. The van der Waals surface area contributed by atoms with Crippen molar-refractivity contribution >= 4 is 34.6 Å². The summed E-state index contributed by atoms with van der Waals surface area (Å²) in [6.45, 7) is 0.253. The van der Waals surface area contributed by atoms with Gasteiger partial charge in [-0.1, -0.05) is 0 Å². The van der Waals surface area contributed by atoms with Crippen molar-refractivity contribution in [3.8, 4) is 16.2 Å². The second-order valence-corrected chi connectivity index (χ2v) is 8.78. The van der Waals surface area contributed by atoms with Crippen LogP contribution in [0.4, 0.5) is 0 Å². The molecule has 1 aliphatic carbocycles. The molecule has 2 heterocycles. The number of rotatable bonds is 6. The average molecular weight is 428 g/mol. The fourth-order valence-electron chi connectivity index (χ4n) is 3.39. The Bertz CT molecular complexity index is 1040. The van der Waals surface area contributed by atoms with Gasteiger partial charge >= 0.3 is 5.97 Å². The molecule has 1 aliphatic rings. The van der Waals surface area contributed by atoms with Gasteiger partial charge in [0.2, 0.25) is 0 Å². The molecule has 0 unspecified atom stereocenters. The summed E-state index contributed by atoms with van der Waals surface area (Å²) in [7, 11) is 3.37. The lowest BCUT2D eigenvalue weighted by Crippen LogP contribution is -2.30. The third kappa shape index (κ3) is 4.21. The molecule has 29 heavy (non-hydrogen) atoms. The molecular weight excluding hydrogens is 406 g/mol. The number of thiophene rings is 2. The molecule has 2 aromatic heterocycles. The van der Waals surface area contributed by atoms with Crippen molar-refractivity contribution < 1.29 is 19.1 Å². The Hall–Kier alpha value is -2.64. The summed E-state index contributed by atoms with van der Waals surface area (Å²) >= 11 is 3.01. The van der Waals surface area contributed by atoms with E-state index in [9.17, 15) is 9.59 Å². The highest BCUT2D eigenvalue weighted by atomic mass is 32.1. The van der Waals surface area contributed by atoms with Gasteiger partial charge in [-0.25, -0.2) is 4.79 Å². The van der Waals surface area contributed by atoms with Gasteiger partial charge < -0.3 is 14.4 Å². The number of likely N-dealkylation sites (N-methyl/N-ethyl adjacent to an activating group) is 1. The molecule has 5 nitrogen and oxygen atoms in total. The van der Waals surface area contributed by atoms with Crippen LogP contribution < -0.4 is 4.74 Å². The van der Waals surface area contributed by atoms with Crippen LogP contribution in [0.1, 0.15) is 26.4 Å². The minimum Gasteiger partial charge on any atom is -0.497 e. The SMILES string of the molecule is COc1ccc2c(c1)CCc1cc(C(=O)OCC(=O)N(C)Cc3ccsc3)sc1-2. The summed E-state index contributed by atoms with van der Waals surface area (Å²) in [5.41, 5.74) is 4.59. The maximum absolute atomic E-state index is 12.5. The predicted octanol–water partition coefficient (Wildman–Crippen LogP) is 4.40. The second kappa shape index (κ2) is 8.39. The van der Waals surface area contributed by atoms with Crippen molar-refractivity contribution in [2.45, 2.75) is 19.4 Å². The van der Waals surface area contributed by atoms with Gasteiger partial charge in [-0.2, -0.15) is 11.3 Å². The third-order valence-electron chi connectivity index (χ3n) is 4.98. The van der Waals surface area contributed by atoms with Gasteiger partial charge in [0.25, 0.3) is 5.91 Å². The molecule has 0 saturated carbocycles. The Labute approximate surface area is 177 Å². The minimum absolute atomic E-state index is 0.219. The molecule has 0 bridgehead atoms. The van der Waals surface area contributed by atoms with Crippen LogP contribution >= 0.6 is 22.7 Å². The van der Waals surface area contributed by atoms with E-state index in [0.717, 1.165) is 40.2 Å². The van der Waals surface area contributed by atoms with Crippen molar-refractivity contribution in [1.82, 2.24) is 4.90 Å². The average Bonchev–Trinajstić information content (AvgIpc) is 3.40. The van der Waals surface area contributed by atoms with Crippen LogP contribution in [-0.4, -0.2) is 37.5 Å². The fraction of sp³-hybridized carbons (Fsp3) is 0.273. The summed E-state index contributed by atoms with van der Waals surface area (Å²) in [5, 5.41) is 3.97. The van der Waals surface area contributed by atoms with Crippen LogP contribution in [0.25, 0.3) is 10.4 Å². The zero-order valence-corrected chi connectivity index (χ0v) is 17.9. The predicted molar refractivity (Wildman–Crippen MR) is 115 cm³/mol. The molecular formula is C22H21NO4S2. The third-order valence-corrected chi connectivity index (χ3v) is 6.91. The highest BCUT2D eigenvalue weighted by Crippen LogP contribution is 2.41. The van der Waals surface area contributed by atoms with E-state index >= 15 is 0 Å². The standard InChI is InChI=1S/C22H21NO4S2/c1-23(11-14-7-8-28-13-14)20(24)12-27-22(25)19-10-16-4-3-15-9-17(26-2)5-6-18(15)21(16)29-19/h5-10,13H,3-4,11-12H2,1-2H3. The van der Waals surface area contributed by atoms with Crippen LogP contribution in [0.15, 0.2) is 41.1 Å². The summed E-state index contributed by atoms with van der Waals surface area (Å²) < 4.78 is 10.6. The number of hydrogen-bond donors (Lipinski definition) is 0. The van der Waals surface area contributed by atoms with E-state index in [4.69, 9.17) is 9.47 Å². The topological polar surface area (TPSA) is 55.8 Å². The number of amides is 1. The normalized spacial score (nSPS) is 12.1. The quantitative estimate of drug-likeness (QED) is 0.547. The number of carbonyl (C=O) groups is 2.